The summed E-state index contributed by atoms with van der Waals surface area (Å²) in [6, 6.07) is 7.80. The minimum absolute atomic E-state index is 0. The highest BCUT2D eigenvalue weighted by atomic mass is 127. The fourth-order valence-electron chi connectivity index (χ4n) is 2.71. The molecule has 2 rings (SSSR count). The molecular formula is C18H29IN4O. The molecule has 0 aromatic heterocycles. The fourth-order valence-corrected chi connectivity index (χ4v) is 2.71. The maximum absolute atomic E-state index is 11.7. The summed E-state index contributed by atoms with van der Waals surface area (Å²) in [6.07, 6.45) is 3.74. The molecule has 0 radical (unpaired) electrons. The SMILES string of the molecule is CCCC(=O)Nc1cccc(CN=C(N)N2CCC(C)CC2)c1.I. The number of nitrogens with two attached hydrogens (primary N) is 1. The van der Waals surface area contributed by atoms with Gasteiger partial charge < -0.3 is 16.0 Å². The number of guanidine groups is 1. The van der Waals surface area contributed by atoms with Crippen molar-refractivity contribution in [3.8, 4) is 0 Å². The van der Waals surface area contributed by atoms with Crippen LogP contribution in [0.2, 0.25) is 0 Å². The number of amides is 1. The van der Waals surface area contributed by atoms with E-state index in [1.807, 2.05) is 31.2 Å². The van der Waals surface area contributed by atoms with Crippen molar-refractivity contribution < 1.29 is 4.79 Å². The van der Waals surface area contributed by atoms with Crippen molar-refractivity contribution in [2.75, 3.05) is 18.4 Å². The first-order valence-corrected chi connectivity index (χ1v) is 8.52. The Morgan fingerprint density at radius 3 is 2.75 bits per heavy atom. The number of aliphatic imine (C=N–C) groups is 1. The van der Waals surface area contributed by atoms with Crippen molar-refractivity contribution in [2.24, 2.45) is 16.6 Å². The Balaban J connectivity index is 0.00000288. The van der Waals surface area contributed by atoms with Crippen LogP contribution in [-0.2, 0) is 11.3 Å². The van der Waals surface area contributed by atoms with Gasteiger partial charge in [0, 0.05) is 25.2 Å². The summed E-state index contributed by atoms with van der Waals surface area (Å²) in [7, 11) is 0. The van der Waals surface area contributed by atoms with E-state index >= 15 is 0 Å². The molecule has 5 nitrogen and oxygen atoms in total. The summed E-state index contributed by atoms with van der Waals surface area (Å²) in [6.45, 7) is 6.79. The summed E-state index contributed by atoms with van der Waals surface area (Å²) in [5.41, 5.74) is 7.98. The number of nitrogens with zero attached hydrogens (tertiary/aromatic N) is 2. The van der Waals surface area contributed by atoms with Crippen LogP contribution in [0.15, 0.2) is 29.3 Å². The number of piperidine rings is 1. The van der Waals surface area contributed by atoms with Crippen LogP contribution in [0.5, 0.6) is 0 Å². The highest BCUT2D eigenvalue weighted by molar-refractivity contribution is 14.0. The molecule has 134 valence electrons. The molecule has 0 saturated carbocycles. The lowest BCUT2D eigenvalue weighted by molar-refractivity contribution is -0.116. The second kappa shape index (κ2) is 10.5. The molecule has 24 heavy (non-hydrogen) atoms. The first-order chi connectivity index (χ1) is 11.1. The number of hydrogen-bond donors (Lipinski definition) is 2. The van der Waals surface area contributed by atoms with Gasteiger partial charge in [-0.2, -0.15) is 0 Å². The maximum atomic E-state index is 11.7. The Labute approximate surface area is 162 Å². The zero-order valence-corrected chi connectivity index (χ0v) is 17.0. The van der Waals surface area contributed by atoms with E-state index in [0.717, 1.165) is 36.7 Å². The van der Waals surface area contributed by atoms with Crippen molar-refractivity contribution in [2.45, 2.75) is 46.1 Å². The van der Waals surface area contributed by atoms with E-state index in [1.165, 1.54) is 12.8 Å². The second-order valence-electron chi connectivity index (χ2n) is 6.34. The molecule has 1 heterocycles. The summed E-state index contributed by atoms with van der Waals surface area (Å²) in [5.74, 6) is 1.45. The zero-order valence-electron chi connectivity index (χ0n) is 14.6. The molecule has 0 spiro atoms. The average molecular weight is 444 g/mol. The molecule has 1 amide bonds. The van der Waals surface area contributed by atoms with Crippen LogP contribution in [0.3, 0.4) is 0 Å². The number of nitrogens with one attached hydrogen (secondary N) is 1. The number of hydrogen-bond acceptors (Lipinski definition) is 2. The van der Waals surface area contributed by atoms with E-state index in [2.05, 4.69) is 22.1 Å². The molecule has 1 aromatic carbocycles. The molecular weight excluding hydrogens is 415 g/mol. The maximum Gasteiger partial charge on any atom is 0.224 e. The van der Waals surface area contributed by atoms with Crippen molar-refractivity contribution >= 4 is 41.5 Å². The van der Waals surface area contributed by atoms with Gasteiger partial charge in [0.15, 0.2) is 5.96 Å². The third-order valence-electron chi connectivity index (χ3n) is 4.22. The van der Waals surface area contributed by atoms with Crippen LogP contribution >= 0.6 is 24.0 Å². The average Bonchev–Trinajstić information content (AvgIpc) is 2.54. The molecule has 1 fully saturated rings. The third kappa shape index (κ3) is 6.67. The predicted molar refractivity (Wildman–Crippen MR) is 111 cm³/mol. The first kappa shape index (κ1) is 20.7. The quantitative estimate of drug-likeness (QED) is 0.414. The first-order valence-electron chi connectivity index (χ1n) is 8.52. The smallest absolute Gasteiger partial charge is 0.224 e. The van der Waals surface area contributed by atoms with Gasteiger partial charge in [-0.05, 0) is 42.9 Å². The summed E-state index contributed by atoms with van der Waals surface area (Å²) < 4.78 is 0. The standard InChI is InChI=1S/C18H28N4O.HI/c1-3-5-17(23)21-16-7-4-6-15(12-16)13-20-18(19)22-10-8-14(2)9-11-22;/h4,6-7,12,14H,3,5,8-11,13H2,1-2H3,(H2,19,20)(H,21,23);1H. The van der Waals surface area contributed by atoms with E-state index in [0.29, 0.717) is 18.9 Å². The van der Waals surface area contributed by atoms with E-state index in [4.69, 9.17) is 5.73 Å². The van der Waals surface area contributed by atoms with E-state index in [-0.39, 0.29) is 29.9 Å². The highest BCUT2D eigenvalue weighted by Crippen LogP contribution is 2.16. The molecule has 6 heteroatoms. The van der Waals surface area contributed by atoms with Crippen molar-refractivity contribution in [3.63, 3.8) is 0 Å². The van der Waals surface area contributed by atoms with Crippen LogP contribution in [0.25, 0.3) is 0 Å². The topological polar surface area (TPSA) is 70.7 Å². The summed E-state index contributed by atoms with van der Waals surface area (Å²) in [5, 5.41) is 2.91. The van der Waals surface area contributed by atoms with Gasteiger partial charge in [0.2, 0.25) is 5.91 Å². The van der Waals surface area contributed by atoms with Gasteiger partial charge in [-0.1, -0.05) is 26.0 Å². The number of halogens is 1. The largest absolute Gasteiger partial charge is 0.370 e. The van der Waals surface area contributed by atoms with Gasteiger partial charge in [-0.15, -0.1) is 24.0 Å². The third-order valence-corrected chi connectivity index (χ3v) is 4.22. The minimum atomic E-state index is 0. The number of carbonyl (C=O) groups is 1. The normalized spacial score (nSPS) is 15.8. The fraction of sp³-hybridized carbons (Fsp3) is 0.556. The van der Waals surface area contributed by atoms with E-state index < -0.39 is 0 Å². The lowest BCUT2D eigenvalue weighted by Crippen LogP contribution is -2.42. The van der Waals surface area contributed by atoms with Crippen LogP contribution in [-0.4, -0.2) is 29.9 Å². The van der Waals surface area contributed by atoms with Crippen molar-refractivity contribution in [1.82, 2.24) is 4.90 Å². The van der Waals surface area contributed by atoms with Crippen molar-refractivity contribution in [1.29, 1.82) is 0 Å². The monoisotopic (exact) mass is 444 g/mol. The van der Waals surface area contributed by atoms with Gasteiger partial charge >= 0.3 is 0 Å². The van der Waals surface area contributed by atoms with Gasteiger partial charge in [0.25, 0.3) is 0 Å². The Kier molecular flexibility index (Phi) is 9.10. The Morgan fingerprint density at radius 2 is 2.08 bits per heavy atom. The zero-order chi connectivity index (χ0) is 16.7. The molecule has 1 aromatic rings. The highest BCUT2D eigenvalue weighted by Gasteiger charge is 2.16. The number of likely N-dealkylation sites (tertiary alicyclic amines) is 1. The Bertz CT molecular complexity index is 554. The molecule has 1 saturated heterocycles. The number of benzene rings is 1. The Hall–Kier alpha value is -1.31. The number of carbonyl (C=O) groups excluding carboxylic acids is 1. The van der Waals surface area contributed by atoms with Crippen LogP contribution in [0, 0.1) is 5.92 Å². The molecule has 1 aliphatic rings. The number of rotatable bonds is 5. The summed E-state index contributed by atoms with van der Waals surface area (Å²) in [4.78, 5) is 18.3. The molecule has 0 aliphatic carbocycles. The lowest BCUT2D eigenvalue weighted by atomic mass is 10.00. The van der Waals surface area contributed by atoms with Gasteiger partial charge in [-0.25, -0.2) is 4.99 Å². The number of anilines is 1. The lowest BCUT2D eigenvalue weighted by Gasteiger charge is -2.31. The molecule has 0 unspecified atom stereocenters. The van der Waals surface area contributed by atoms with E-state index in [1.54, 1.807) is 0 Å². The van der Waals surface area contributed by atoms with Gasteiger partial charge in [0.1, 0.15) is 0 Å². The second-order valence-corrected chi connectivity index (χ2v) is 6.34. The minimum Gasteiger partial charge on any atom is -0.370 e. The van der Waals surface area contributed by atoms with E-state index in [9.17, 15) is 4.79 Å². The van der Waals surface area contributed by atoms with Crippen LogP contribution < -0.4 is 11.1 Å². The van der Waals surface area contributed by atoms with Crippen LogP contribution in [0.4, 0.5) is 5.69 Å². The van der Waals surface area contributed by atoms with Crippen molar-refractivity contribution in [3.05, 3.63) is 29.8 Å². The Morgan fingerprint density at radius 1 is 1.38 bits per heavy atom. The summed E-state index contributed by atoms with van der Waals surface area (Å²) >= 11 is 0. The van der Waals surface area contributed by atoms with Gasteiger partial charge in [0.05, 0.1) is 6.54 Å². The molecule has 3 N–H and O–H groups in total. The molecule has 0 bridgehead atoms. The predicted octanol–water partition coefficient (Wildman–Crippen LogP) is 3.59. The van der Waals surface area contributed by atoms with Gasteiger partial charge in [-0.3, -0.25) is 4.79 Å². The molecule has 1 aliphatic heterocycles. The molecule has 0 atom stereocenters. The van der Waals surface area contributed by atoms with Crippen LogP contribution in [0.1, 0.15) is 45.1 Å².